The van der Waals surface area contributed by atoms with Gasteiger partial charge < -0.3 is 0 Å². The molecule has 1 nitrogen and oxygen atoms in total. The summed E-state index contributed by atoms with van der Waals surface area (Å²) in [6, 6.07) is 0. The Morgan fingerprint density at radius 3 is 2.53 bits per heavy atom. The molecule has 1 aliphatic rings. The van der Waals surface area contributed by atoms with Crippen molar-refractivity contribution in [2.45, 2.75) is 52.9 Å². The van der Waals surface area contributed by atoms with Crippen LogP contribution in [0.2, 0.25) is 0 Å². The molecule has 0 bridgehead atoms. The highest BCUT2D eigenvalue weighted by Gasteiger charge is 2.40. The molecule has 2 unspecified atom stereocenters. The number of unbranched alkanes of at least 4 members (excludes halogenated alkanes) is 1. The highest BCUT2D eigenvalue weighted by atomic mass is 16.1. The first-order valence-electron chi connectivity index (χ1n) is 5.94. The minimum absolute atomic E-state index is 0.137. The third-order valence-corrected chi connectivity index (χ3v) is 3.47. The van der Waals surface area contributed by atoms with Gasteiger partial charge in [-0.05, 0) is 31.1 Å². The van der Waals surface area contributed by atoms with Gasteiger partial charge in [-0.1, -0.05) is 20.8 Å². The third-order valence-electron chi connectivity index (χ3n) is 3.47. The number of terminal acetylenes is 1. The Balaban J connectivity index is 2.47. The van der Waals surface area contributed by atoms with Crippen molar-refractivity contribution in [3.05, 3.63) is 0 Å². The number of hydrogen-bond acceptors (Lipinski definition) is 1. The molecule has 0 heterocycles. The van der Waals surface area contributed by atoms with Crippen LogP contribution >= 0.6 is 0 Å². The van der Waals surface area contributed by atoms with Gasteiger partial charge in [0.1, 0.15) is 5.78 Å². The molecule has 1 fully saturated rings. The van der Waals surface area contributed by atoms with E-state index < -0.39 is 0 Å². The van der Waals surface area contributed by atoms with Gasteiger partial charge >= 0.3 is 0 Å². The van der Waals surface area contributed by atoms with Gasteiger partial charge in [-0.25, -0.2) is 0 Å². The van der Waals surface area contributed by atoms with Crippen molar-refractivity contribution in [1.29, 1.82) is 0 Å². The fourth-order valence-corrected chi connectivity index (χ4v) is 2.53. The molecule has 0 aromatic heterocycles. The molecule has 0 radical (unpaired) electrons. The van der Waals surface area contributed by atoms with Crippen LogP contribution in [0.25, 0.3) is 0 Å². The Morgan fingerprint density at radius 2 is 2.07 bits per heavy atom. The van der Waals surface area contributed by atoms with E-state index in [2.05, 4.69) is 26.7 Å². The Bertz CT molecular complexity index is 264. The summed E-state index contributed by atoms with van der Waals surface area (Å²) in [4.78, 5) is 12.1. The van der Waals surface area contributed by atoms with Crippen molar-refractivity contribution in [3.8, 4) is 12.3 Å². The first kappa shape index (κ1) is 12.3. The molecular formula is C14H22O. The lowest BCUT2D eigenvalue weighted by Gasteiger charge is -2.25. The van der Waals surface area contributed by atoms with E-state index in [0.29, 0.717) is 11.7 Å². The van der Waals surface area contributed by atoms with E-state index in [9.17, 15) is 4.79 Å². The van der Waals surface area contributed by atoms with Gasteiger partial charge in [0.05, 0.1) is 0 Å². The van der Waals surface area contributed by atoms with Gasteiger partial charge in [0.2, 0.25) is 0 Å². The molecular weight excluding hydrogens is 184 g/mol. The molecule has 0 saturated heterocycles. The van der Waals surface area contributed by atoms with Gasteiger partial charge in [0.25, 0.3) is 0 Å². The van der Waals surface area contributed by atoms with Crippen molar-refractivity contribution >= 4 is 5.78 Å². The van der Waals surface area contributed by atoms with Gasteiger partial charge in [0, 0.05) is 18.3 Å². The van der Waals surface area contributed by atoms with E-state index in [1.807, 2.05) is 0 Å². The number of rotatable bonds is 3. The Labute approximate surface area is 93.6 Å². The van der Waals surface area contributed by atoms with Crippen LogP contribution in [-0.2, 0) is 4.79 Å². The van der Waals surface area contributed by atoms with Crippen molar-refractivity contribution in [3.63, 3.8) is 0 Å². The van der Waals surface area contributed by atoms with Gasteiger partial charge in [-0.2, -0.15) is 0 Å². The number of Topliss-reactive ketones (excluding diaryl/α,β-unsaturated/α-hetero) is 1. The summed E-state index contributed by atoms with van der Waals surface area (Å²) in [7, 11) is 0. The van der Waals surface area contributed by atoms with E-state index in [0.717, 1.165) is 32.1 Å². The first-order valence-corrected chi connectivity index (χ1v) is 5.94. The van der Waals surface area contributed by atoms with Crippen molar-refractivity contribution in [2.24, 2.45) is 17.3 Å². The van der Waals surface area contributed by atoms with Gasteiger partial charge in [-0.3, -0.25) is 4.79 Å². The molecule has 84 valence electrons. The molecule has 0 spiro atoms. The largest absolute Gasteiger partial charge is 0.299 e. The summed E-state index contributed by atoms with van der Waals surface area (Å²) in [5, 5.41) is 0. The Kier molecular flexibility index (Phi) is 3.97. The predicted molar refractivity (Wildman–Crippen MR) is 63.4 cm³/mol. The smallest absolute Gasteiger partial charge is 0.139 e. The van der Waals surface area contributed by atoms with E-state index >= 15 is 0 Å². The fraction of sp³-hybridized carbons (Fsp3) is 0.786. The summed E-state index contributed by atoms with van der Waals surface area (Å²) < 4.78 is 0. The minimum Gasteiger partial charge on any atom is -0.299 e. The third kappa shape index (κ3) is 3.09. The number of hydrogen-bond donors (Lipinski definition) is 0. The van der Waals surface area contributed by atoms with Crippen LogP contribution in [-0.4, -0.2) is 5.78 Å². The van der Waals surface area contributed by atoms with Crippen LogP contribution in [0.15, 0.2) is 0 Å². The van der Waals surface area contributed by atoms with Crippen LogP contribution in [0.1, 0.15) is 52.9 Å². The minimum atomic E-state index is 0.137. The molecule has 0 N–H and O–H groups in total. The van der Waals surface area contributed by atoms with E-state index in [-0.39, 0.29) is 11.3 Å². The monoisotopic (exact) mass is 206 g/mol. The number of ketones is 1. The van der Waals surface area contributed by atoms with Crippen LogP contribution in [0, 0.1) is 29.6 Å². The molecule has 2 atom stereocenters. The van der Waals surface area contributed by atoms with Crippen molar-refractivity contribution in [1.82, 2.24) is 0 Å². The average Bonchev–Trinajstić information content (AvgIpc) is 2.47. The molecule has 15 heavy (non-hydrogen) atoms. The average molecular weight is 206 g/mol. The molecule has 1 rings (SSSR count). The second-order valence-corrected chi connectivity index (χ2v) is 5.69. The Hall–Kier alpha value is -0.770. The van der Waals surface area contributed by atoms with Crippen LogP contribution < -0.4 is 0 Å². The molecule has 1 heteroatoms. The van der Waals surface area contributed by atoms with E-state index in [1.54, 1.807) is 0 Å². The van der Waals surface area contributed by atoms with Crippen molar-refractivity contribution in [2.75, 3.05) is 0 Å². The van der Waals surface area contributed by atoms with Crippen LogP contribution in [0.5, 0.6) is 0 Å². The highest BCUT2D eigenvalue weighted by molar-refractivity contribution is 5.86. The summed E-state index contributed by atoms with van der Waals surface area (Å²) in [6.07, 6.45) is 10.2. The van der Waals surface area contributed by atoms with Gasteiger partial charge in [-0.15, -0.1) is 12.3 Å². The van der Waals surface area contributed by atoms with Gasteiger partial charge in [0.15, 0.2) is 0 Å². The zero-order chi connectivity index (χ0) is 11.5. The second kappa shape index (κ2) is 4.84. The summed E-state index contributed by atoms with van der Waals surface area (Å²) >= 11 is 0. The normalized spacial score (nSPS) is 26.7. The molecule has 1 aliphatic carbocycles. The lowest BCUT2D eigenvalue weighted by molar-refractivity contribution is -0.126. The summed E-state index contributed by atoms with van der Waals surface area (Å²) in [6.45, 7) is 6.50. The summed E-state index contributed by atoms with van der Waals surface area (Å²) in [5.74, 6) is 3.69. The topological polar surface area (TPSA) is 17.1 Å². The molecule has 0 aromatic carbocycles. The number of carbonyl (C=O) groups is 1. The molecule has 1 saturated carbocycles. The van der Waals surface area contributed by atoms with Crippen molar-refractivity contribution < 1.29 is 4.79 Å². The van der Waals surface area contributed by atoms with Crippen LogP contribution in [0.3, 0.4) is 0 Å². The second-order valence-electron chi connectivity index (χ2n) is 5.69. The lowest BCUT2D eigenvalue weighted by Crippen LogP contribution is -2.26. The quantitative estimate of drug-likeness (QED) is 0.510. The standard InChI is InChI=1S/C14H22O/c1-5-6-7-8-11-9-10-12(13(11)15)14(2,3)4/h1,11-12H,6-10H2,2-4H3. The Morgan fingerprint density at radius 1 is 1.40 bits per heavy atom. The van der Waals surface area contributed by atoms with Crippen LogP contribution in [0.4, 0.5) is 0 Å². The maximum absolute atomic E-state index is 12.1. The highest BCUT2D eigenvalue weighted by Crippen LogP contribution is 2.40. The molecule has 0 aliphatic heterocycles. The van der Waals surface area contributed by atoms with E-state index in [4.69, 9.17) is 6.42 Å². The molecule has 0 amide bonds. The maximum atomic E-state index is 12.1. The SMILES string of the molecule is C#CCCCC1CCC(C(C)(C)C)C1=O. The maximum Gasteiger partial charge on any atom is 0.139 e. The zero-order valence-electron chi connectivity index (χ0n) is 10.2. The summed E-state index contributed by atoms with van der Waals surface area (Å²) in [5.41, 5.74) is 0.137. The van der Waals surface area contributed by atoms with E-state index in [1.165, 1.54) is 0 Å². The molecule has 0 aromatic rings. The predicted octanol–water partition coefficient (Wildman–Crippen LogP) is 3.43. The first-order chi connectivity index (χ1) is 6.96. The fourth-order valence-electron chi connectivity index (χ4n) is 2.53. The number of carbonyl (C=O) groups excluding carboxylic acids is 1. The lowest BCUT2D eigenvalue weighted by atomic mass is 9.78. The zero-order valence-corrected chi connectivity index (χ0v) is 10.2.